The summed E-state index contributed by atoms with van der Waals surface area (Å²) in [5, 5.41) is 0. The quantitative estimate of drug-likeness (QED) is 0.643. The second kappa shape index (κ2) is 8.37. The largest absolute Gasteiger partial charge is 0.454 e. The lowest BCUT2D eigenvalue weighted by Crippen LogP contribution is -2.51. The number of benzene rings is 1. The fourth-order valence-electron chi connectivity index (χ4n) is 2.36. The minimum Gasteiger partial charge on any atom is -0.454 e. The Morgan fingerprint density at radius 2 is 1.76 bits per heavy atom. The van der Waals surface area contributed by atoms with Crippen LogP contribution in [0.1, 0.15) is 0 Å². The van der Waals surface area contributed by atoms with Crippen molar-refractivity contribution in [3.63, 3.8) is 0 Å². The molecule has 0 bridgehead atoms. The number of methoxy groups -OCH3 is 1. The van der Waals surface area contributed by atoms with Crippen molar-refractivity contribution in [2.24, 2.45) is 0 Å². The van der Waals surface area contributed by atoms with Gasteiger partial charge in [-0.05, 0) is 12.1 Å². The van der Waals surface area contributed by atoms with Crippen molar-refractivity contribution in [3.05, 3.63) is 30.1 Å². The molecule has 1 aromatic carbocycles. The van der Waals surface area contributed by atoms with E-state index in [-0.39, 0.29) is 37.7 Å². The van der Waals surface area contributed by atoms with E-state index >= 15 is 0 Å². The molecular weight excluding hydrogens is 355 g/mol. The number of esters is 1. The second-order valence-electron chi connectivity index (χ2n) is 5.31. The number of hydrogen-bond acceptors (Lipinski definition) is 6. The van der Waals surface area contributed by atoms with Crippen molar-refractivity contribution in [1.29, 1.82) is 0 Å². The van der Waals surface area contributed by atoms with E-state index < -0.39 is 34.3 Å². The van der Waals surface area contributed by atoms with Crippen molar-refractivity contribution in [3.8, 4) is 0 Å². The maximum Gasteiger partial charge on any atom is 0.332 e. The first-order valence-electron chi connectivity index (χ1n) is 7.53. The summed E-state index contributed by atoms with van der Waals surface area (Å²) in [6, 6.07) is 5.15. The zero-order chi connectivity index (χ0) is 18.4. The van der Waals surface area contributed by atoms with Crippen LogP contribution in [0.25, 0.3) is 0 Å². The van der Waals surface area contributed by atoms with Gasteiger partial charge in [-0.15, -0.1) is 0 Å². The third kappa shape index (κ3) is 4.74. The zero-order valence-electron chi connectivity index (χ0n) is 13.7. The first-order chi connectivity index (χ1) is 11.9. The molecule has 0 radical (unpaired) electrons. The number of halogens is 1. The highest BCUT2D eigenvalue weighted by Crippen LogP contribution is 2.20. The highest BCUT2D eigenvalue weighted by Gasteiger charge is 2.31. The molecule has 0 spiro atoms. The lowest BCUT2D eigenvalue weighted by atomic mass is 10.3. The Balaban J connectivity index is 1.92. The number of ether oxygens (including phenoxy) is 2. The molecule has 0 atom stereocenters. The zero-order valence-corrected chi connectivity index (χ0v) is 14.5. The third-order valence-electron chi connectivity index (χ3n) is 3.66. The summed E-state index contributed by atoms with van der Waals surface area (Å²) < 4.78 is 49.1. The predicted molar refractivity (Wildman–Crippen MR) is 84.6 cm³/mol. The predicted octanol–water partition coefficient (Wildman–Crippen LogP) is -0.152. The minimum absolute atomic E-state index is 0.0361. The summed E-state index contributed by atoms with van der Waals surface area (Å²) in [5.41, 5.74) is 0. The maximum atomic E-state index is 13.8. The fraction of sp³-hybridized carbons (Fsp3) is 0.467. The Bertz CT molecular complexity index is 731. The van der Waals surface area contributed by atoms with Crippen LogP contribution in [0.5, 0.6) is 0 Å². The first kappa shape index (κ1) is 19.3. The average Bonchev–Trinajstić information content (AvgIpc) is 2.60. The number of piperazine rings is 1. The van der Waals surface area contributed by atoms with Crippen LogP contribution in [-0.2, 0) is 29.1 Å². The molecule has 1 aromatic rings. The summed E-state index contributed by atoms with van der Waals surface area (Å²) in [4.78, 5) is 24.1. The van der Waals surface area contributed by atoms with E-state index in [4.69, 9.17) is 4.74 Å². The Kier molecular flexibility index (Phi) is 6.45. The lowest BCUT2D eigenvalue weighted by molar-refractivity contribution is -0.155. The van der Waals surface area contributed by atoms with E-state index in [1.807, 2.05) is 0 Å². The Morgan fingerprint density at radius 1 is 1.12 bits per heavy atom. The molecule has 0 N–H and O–H groups in total. The van der Waals surface area contributed by atoms with Gasteiger partial charge in [-0.3, -0.25) is 4.79 Å². The number of carbonyl (C=O) groups is 2. The van der Waals surface area contributed by atoms with E-state index in [1.165, 1.54) is 30.2 Å². The number of hydrogen-bond donors (Lipinski definition) is 0. The van der Waals surface area contributed by atoms with Gasteiger partial charge in [0.05, 0.1) is 0 Å². The van der Waals surface area contributed by atoms with Crippen molar-refractivity contribution in [2.75, 3.05) is 46.5 Å². The van der Waals surface area contributed by atoms with Crippen LogP contribution in [0, 0.1) is 5.82 Å². The fourth-order valence-corrected chi connectivity index (χ4v) is 3.85. The van der Waals surface area contributed by atoms with Gasteiger partial charge in [0, 0.05) is 33.3 Å². The molecule has 1 amide bonds. The summed E-state index contributed by atoms with van der Waals surface area (Å²) in [6.45, 7) is -0.338. The number of carbonyl (C=O) groups excluding carboxylic acids is 2. The minimum atomic E-state index is -3.96. The van der Waals surface area contributed by atoms with Crippen molar-refractivity contribution < 1.29 is 31.9 Å². The van der Waals surface area contributed by atoms with Crippen LogP contribution in [0.2, 0.25) is 0 Å². The van der Waals surface area contributed by atoms with E-state index in [1.54, 1.807) is 0 Å². The molecule has 0 unspecified atom stereocenters. The van der Waals surface area contributed by atoms with Crippen molar-refractivity contribution in [2.45, 2.75) is 4.90 Å². The van der Waals surface area contributed by atoms with Crippen molar-refractivity contribution in [1.82, 2.24) is 9.21 Å². The molecule has 1 fully saturated rings. The lowest BCUT2D eigenvalue weighted by Gasteiger charge is -2.33. The summed E-state index contributed by atoms with van der Waals surface area (Å²) in [6.07, 6.45) is 0. The smallest absolute Gasteiger partial charge is 0.332 e. The highest BCUT2D eigenvalue weighted by atomic mass is 32.2. The van der Waals surface area contributed by atoms with Gasteiger partial charge in [0.1, 0.15) is 17.3 Å². The first-order valence-corrected chi connectivity index (χ1v) is 8.97. The molecule has 2 rings (SSSR count). The van der Waals surface area contributed by atoms with Gasteiger partial charge in [-0.25, -0.2) is 17.6 Å². The van der Waals surface area contributed by atoms with Crippen LogP contribution < -0.4 is 0 Å². The highest BCUT2D eigenvalue weighted by molar-refractivity contribution is 7.89. The van der Waals surface area contributed by atoms with Gasteiger partial charge in [-0.2, -0.15) is 4.31 Å². The standard InChI is InChI=1S/C15H19FN2O6S/c1-23-11-15(20)24-10-14(19)17-6-8-18(9-7-17)25(21,22)13-5-3-2-4-12(13)16/h2-5H,6-11H2,1H3. The Morgan fingerprint density at radius 3 is 2.36 bits per heavy atom. The molecule has 1 saturated heterocycles. The van der Waals surface area contributed by atoms with Crippen LogP contribution in [0.4, 0.5) is 4.39 Å². The van der Waals surface area contributed by atoms with Gasteiger partial charge in [-0.1, -0.05) is 12.1 Å². The second-order valence-corrected chi connectivity index (χ2v) is 7.22. The Hall–Kier alpha value is -2.04. The van der Waals surface area contributed by atoms with Gasteiger partial charge in [0.2, 0.25) is 10.0 Å². The molecule has 138 valence electrons. The molecular formula is C15H19FN2O6S. The molecule has 1 aliphatic heterocycles. The van der Waals surface area contributed by atoms with Crippen LogP contribution in [0.3, 0.4) is 0 Å². The van der Waals surface area contributed by atoms with Gasteiger partial charge in [0.25, 0.3) is 5.91 Å². The van der Waals surface area contributed by atoms with Crippen molar-refractivity contribution >= 4 is 21.9 Å². The molecule has 25 heavy (non-hydrogen) atoms. The molecule has 1 heterocycles. The normalized spacial score (nSPS) is 15.8. The van der Waals surface area contributed by atoms with E-state index in [0.29, 0.717) is 0 Å². The summed E-state index contributed by atoms with van der Waals surface area (Å²) >= 11 is 0. The average molecular weight is 374 g/mol. The van der Waals surface area contributed by atoms with E-state index in [2.05, 4.69) is 4.74 Å². The van der Waals surface area contributed by atoms with Crippen LogP contribution in [0.15, 0.2) is 29.2 Å². The van der Waals surface area contributed by atoms with Gasteiger partial charge >= 0.3 is 5.97 Å². The monoisotopic (exact) mass is 374 g/mol. The van der Waals surface area contributed by atoms with Gasteiger partial charge in [0.15, 0.2) is 6.61 Å². The Labute approximate surface area is 145 Å². The summed E-state index contributed by atoms with van der Waals surface area (Å²) in [7, 11) is -2.62. The van der Waals surface area contributed by atoms with E-state index in [9.17, 15) is 22.4 Å². The third-order valence-corrected chi connectivity index (χ3v) is 5.60. The van der Waals surface area contributed by atoms with E-state index in [0.717, 1.165) is 10.4 Å². The van der Waals surface area contributed by atoms with Crippen LogP contribution in [-0.4, -0.2) is 76.0 Å². The molecule has 0 aliphatic carbocycles. The summed E-state index contributed by atoms with van der Waals surface area (Å²) in [5.74, 6) is -1.89. The molecule has 0 saturated carbocycles. The molecule has 8 nitrogen and oxygen atoms in total. The SMILES string of the molecule is COCC(=O)OCC(=O)N1CCN(S(=O)(=O)c2ccccc2F)CC1. The molecule has 10 heteroatoms. The number of sulfonamides is 1. The maximum absolute atomic E-state index is 13.8. The topological polar surface area (TPSA) is 93.2 Å². The number of rotatable bonds is 6. The van der Waals surface area contributed by atoms with Gasteiger partial charge < -0.3 is 14.4 Å². The molecule has 0 aromatic heterocycles. The molecule has 1 aliphatic rings. The number of amides is 1. The number of nitrogens with zero attached hydrogens (tertiary/aromatic N) is 2. The van der Waals surface area contributed by atoms with Crippen LogP contribution >= 0.6 is 0 Å².